The highest BCUT2D eigenvalue weighted by Gasteiger charge is 2.46. The average molecular weight is 1070 g/mol. The molecule has 75 heavy (non-hydrogen) atoms. The SMILES string of the molecule is COc1cc2cc(c1Cl)N(C)C(=O)C[C@H](OC(=O)[C@H](C)N(C)C(=O)c1ccccc1NC(=O)[C@H](CCCNC(N)=O)NC(=O)[C@@H](NNC(C)=O)C(C)C)[C@@H](C)[C@@H](O)C[C@@H]1C[C@@](O)(NC(=O)O1)[C@H](OC)/C=C/C=C(\C)C2. The average Bonchev–Trinajstić information content (AvgIpc) is 3.34. The molecule has 2 aromatic rings. The number of anilines is 2. The van der Waals surface area contributed by atoms with Gasteiger partial charge in [-0.3, -0.25) is 34.7 Å². The van der Waals surface area contributed by atoms with Crippen molar-refractivity contribution in [3.8, 4) is 5.75 Å². The summed E-state index contributed by atoms with van der Waals surface area (Å²) in [4.78, 5) is 109. The van der Waals surface area contributed by atoms with Crippen LogP contribution in [0.2, 0.25) is 5.02 Å². The van der Waals surface area contributed by atoms with E-state index >= 15 is 0 Å². The summed E-state index contributed by atoms with van der Waals surface area (Å²) in [7, 11) is 5.61. The lowest BCUT2D eigenvalue weighted by molar-refractivity contribution is -0.161. The maximum atomic E-state index is 14.3. The molecule has 8 amide bonds. The van der Waals surface area contributed by atoms with Gasteiger partial charge >= 0.3 is 18.1 Å². The highest BCUT2D eigenvalue weighted by atomic mass is 35.5. The summed E-state index contributed by atoms with van der Waals surface area (Å²) in [5.41, 5.74) is 10.1. The molecule has 2 aromatic carbocycles. The second-order valence-corrected chi connectivity index (χ2v) is 19.5. The van der Waals surface area contributed by atoms with Crippen molar-refractivity contribution in [2.75, 3.05) is 45.1 Å². The molecule has 2 aliphatic rings. The van der Waals surface area contributed by atoms with Crippen molar-refractivity contribution >= 4 is 70.6 Å². The molecule has 0 aliphatic carbocycles. The number of nitrogens with zero attached hydrogens (tertiary/aromatic N) is 2. The minimum absolute atomic E-state index is 0.0102. The number of likely N-dealkylation sites (N-methyl/N-ethyl adjacent to an activating group) is 1. The van der Waals surface area contributed by atoms with Crippen LogP contribution in [0.25, 0.3) is 0 Å². The third-order valence-corrected chi connectivity index (χ3v) is 13.4. The predicted molar refractivity (Wildman–Crippen MR) is 277 cm³/mol. The van der Waals surface area contributed by atoms with Crippen molar-refractivity contribution in [3.05, 3.63) is 76.3 Å². The number of carbonyl (C=O) groups excluding carboxylic acids is 8. The largest absolute Gasteiger partial charge is 0.495 e. The summed E-state index contributed by atoms with van der Waals surface area (Å²) >= 11 is 6.79. The van der Waals surface area contributed by atoms with Crippen LogP contribution in [0.4, 0.5) is 21.0 Å². The van der Waals surface area contributed by atoms with E-state index < -0.39 is 108 Å². The zero-order valence-corrected chi connectivity index (χ0v) is 44.7. The number of urea groups is 1. The number of para-hydroxylation sites is 1. The minimum Gasteiger partial charge on any atom is -0.495 e. The van der Waals surface area contributed by atoms with Gasteiger partial charge in [0.05, 0.1) is 36.6 Å². The van der Waals surface area contributed by atoms with Crippen LogP contribution in [0, 0.1) is 11.8 Å². The van der Waals surface area contributed by atoms with Crippen molar-refractivity contribution in [1.29, 1.82) is 0 Å². The van der Waals surface area contributed by atoms with Gasteiger partial charge in [0.1, 0.15) is 47.2 Å². The number of aliphatic hydroxyl groups excluding tert-OH is 1. The van der Waals surface area contributed by atoms with Gasteiger partial charge in [-0.2, -0.15) is 0 Å². The number of amides is 8. The molecule has 0 saturated carbocycles. The van der Waals surface area contributed by atoms with Crippen LogP contribution in [-0.4, -0.2) is 146 Å². The molecular weight excluding hydrogens is 998 g/mol. The molecule has 2 heterocycles. The Kier molecular flexibility index (Phi) is 22.4. The second kappa shape index (κ2) is 27.7. The highest BCUT2D eigenvalue weighted by Crippen LogP contribution is 2.37. The van der Waals surface area contributed by atoms with Gasteiger partial charge in [0.2, 0.25) is 23.6 Å². The number of hydrazine groups is 1. The number of aliphatic hydroxyl groups is 2. The molecule has 412 valence electrons. The first-order valence-electron chi connectivity index (χ1n) is 24.4. The Bertz CT molecular complexity index is 2470. The Labute approximate surface area is 441 Å². The van der Waals surface area contributed by atoms with Gasteiger partial charge in [0.25, 0.3) is 5.91 Å². The number of carbonyl (C=O) groups is 8. The zero-order chi connectivity index (χ0) is 55.9. The fourth-order valence-electron chi connectivity index (χ4n) is 8.43. The van der Waals surface area contributed by atoms with Crippen LogP contribution < -0.4 is 47.5 Å². The van der Waals surface area contributed by atoms with E-state index in [1.165, 1.54) is 72.2 Å². The smallest absolute Gasteiger partial charge is 0.409 e. The Morgan fingerprint density at radius 1 is 1.08 bits per heavy atom. The minimum atomic E-state index is -1.97. The van der Waals surface area contributed by atoms with Crippen LogP contribution in [0.3, 0.4) is 0 Å². The van der Waals surface area contributed by atoms with E-state index in [-0.39, 0.29) is 65.9 Å². The summed E-state index contributed by atoms with van der Waals surface area (Å²) in [5, 5.41) is 33.9. The fourth-order valence-corrected chi connectivity index (χ4v) is 8.74. The number of primary amides is 1. The Morgan fingerprint density at radius 2 is 1.77 bits per heavy atom. The molecule has 0 aromatic heterocycles. The number of rotatable bonds is 17. The third kappa shape index (κ3) is 16.9. The first kappa shape index (κ1) is 60.8. The van der Waals surface area contributed by atoms with Crippen molar-refractivity contribution in [1.82, 2.24) is 31.7 Å². The van der Waals surface area contributed by atoms with Crippen molar-refractivity contribution in [2.24, 2.45) is 17.6 Å². The summed E-state index contributed by atoms with van der Waals surface area (Å²) in [5.74, 6) is -5.23. The summed E-state index contributed by atoms with van der Waals surface area (Å²) < 4.78 is 22.7. The van der Waals surface area contributed by atoms with Crippen molar-refractivity contribution in [2.45, 2.75) is 128 Å². The lowest BCUT2D eigenvalue weighted by Gasteiger charge is -2.41. The summed E-state index contributed by atoms with van der Waals surface area (Å²) in [6, 6.07) is 5.08. The maximum Gasteiger partial charge on any atom is 0.409 e. The molecule has 1 fully saturated rings. The topological polar surface area (TPSA) is 319 Å². The maximum absolute atomic E-state index is 14.3. The zero-order valence-electron chi connectivity index (χ0n) is 44.0. The molecule has 10 N–H and O–H groups in total. The normalized spacial score (nSPS) is 23.6. The van der Waals surface area contributed by atoms with E-state index in [4.69, 9.17) is 36.3 Å². The number of allylic oxidation sites excluding steroid dienone is 3. The van der Waals surface area contributed by atoms with Crippen molar-refractivity contribution < 1.29 is 67.5 Å². The van der Waals surface area contributed by atoms with Gasteiger partial charge in [-0.25, -0.2) is 19.8 Å². The van der Waals surface area contributed by atoms with Crippen LogP contribution >= 0.6 is 11.6 Å². The van der Waals surface area contributed by atoms with Crippen molar-refractivity contribution in [3.63, 3.8) is 0 Å². The van der Waals surface area contributed by atoms with E-state index in [1.807, 2.05) is 6.92 Å². The van der Waals surface area contributed by atoms with Gasteiger partial charge in [0, 0.05) is 53.4 Å². The molecule has 1 saturated heterocycles. The molecular formula is C51H72ClN9O14. The quantitative estimate of drug-likeness (QED) is 0.0625. The van der Waals surface area contributed by atoms with E-state index in [0.717, 1.165) is 16.0 Å². The third-order valence-electron chi connectivity index (χ3n) is 13.0. The molecule has 4 bridgehead atoms. The molecule has 9 atom stereocenters. The van der Waals surface area contributed by atoms with Crippen LogP contribution in [0.15, 0.2) is 60.2 Å². The van der Waals surface area contributed by atoms with Gasteiger partial charge in [-0.15, -0.1) is 0 Å². The number of esters is 1. The monoisotopic (exact) mass is 1070 g/mol. The number of benzene rings is 2. The molecule has 2 aliphatic heterocycles. The van der Waals surface area contributed by atoms with E-state index in [0.29, 0.717) is 6.42 Å². The highest BCUT2D eigenvalue weighted by molar-refractivity contribution is 6.35. The Hall–Kier alpha value is -6.79. The molecule has 4 rings (SSSR count). The number of alkyl carbamates (subject to hydrolysis) is 1. The molecule has 0 spiro atoms. The summed E-state index contributed by atoms with van der Waals surface area (Å²) in [6.07, 6.45) is -1.28. The molecule has 0 radical (unpaired) electrons. The number of fused-ring (bicyclic) bond motifs is 4. The van der Waals surface area contributed by atoms with Crippen LogP contribution in [0.5, 0.6) is 5.75 Å². The Morgan fingerprint density at radius 3 is 2.41 bits per heavy atom. The second-order valence-electron chi connectivity index (χ2n) is 19.1. The van der Waals surface area contributed by atoms with Gasteiger partial charge < -0.3 is 60.6 Å². The lowest BCUT2D eigenvalue weighted by atomic mass is 9.88. The number of nitrogens with one attached hydrogen (secondary N) is 6. The predicted octanol–water partition coefficient (Wildman–Crippen LogP) is 2.96. The number of methoxy groups -OCH3 is 2. The number of ether oxygens (including phenoxy) is 4. The van der Waals surface area contributed by atoms with Crippen LogP contribution in [0.1, 0.15) is 89.6 Å². The van der Waals surface area contributed by atoms with Gasteiger partial charge in [0.15, 0.2) is 5.72 Å². The Balaban J connectivity index is 1.65. The number of hydrogen-bond acceptors (Lipinski definition) is 15. The van der Waals surface area contributed by atoms with Crippen LogP contribution in [-0.2, 0) is 44.6 Å². The van der Waals surface area contributed by atoms with E-state index in [2.05, 4.69) is 32.1 Å². The molecule has 0 unspecified atom stereocenters. The van der Waals surface area contributed by atoms with Gasteiger partial charge in [-0.05, 0) is 68.9 Å². The number of nitrogens with two attached hydrogens (primary N) is 1. The fraction of sp³-hybridized carbons (Fsp3) is 0.529. The molecule has 23 nitrogen and oxygen atoms in total. The molecule has 24 heteroatoms. The number of hydrogen-bond donors (Lipinski definition) is 9. The van der Waals surface area contributed by atoms with E-state index in [9.17, 15) is 48.6 Å². The lowest BCUT2D eigenvalue weighted by Crippen LogP contribution is -2.62. The first-order valence-corrected chi connectivity index (χ1v) is 24.8. The summed E-state index contributed by atoms with van der Waals surface area (Å²) in [6.45, 7) is 9.57. The number of halogens is 1. The standard InChI is InChI=1S/C51H72ClN9O14/c1-27(2)44(59-58-31(6)62)46(66)56-36(18-14-20-54-49(53)69)45(65)55-35-17-12-11-16-34(35)47(67)60(7)30(5)48(68)75-39-25-42(64)61(8)37-22-32(23-40(72-9)43(37)52)21-28(3)15-13-19-41(73-10)51(71)26-33(74-50(70)57-51)24-38(63)29(39)4/h11-13,15-17,19,22-23,27,29-30,33,36,38-39,41,44,59,63,71H,14,18,20-21,24-26H2,1-10H3,(H,55,65)(H,56,66)(H,57,70)(H,58,62)(H3,53,54,69)/b19-13+,28-15+/t29-,30-,33+,36-,38-,39-,41+,44-,51-/m0/s1. The first-order chi connectivity index (χ1) is 35.3. The van der Waals surface area contributed by atoms with E-state index in [1.54, 1.807) is 50.3 Å². The van der Waals surface area contributed by atoms with Gasteiger partial charge in [-0.1, -0.05) is 68.3 Å².